The molecule has 1 saturated carbocycles. The number of nitrogens with one attached hydrogen (secondary N) is 1. The Morgan fingerprint density at radius 3 is 2.44 bits per heavy atom. The van der Waals surface area contributed by atoms with Crippen LogP contribution in [-0.4, -0.2) is 12.1 Å². The molecular formula is C17H27N. The molecule has 1 aliphatic carbocycles. The minimum absolute atomic E-state index is 0.625. The summed E-state index contributed by atoms with van der Waals surface area (Å²) >= 11 is 0. The van der Waals surface area contributed by atoms with Crippen LogP contribution in [0.3, 0.4) is 0 Å². The standard InChI is InChI=1S/C17H27N/c1-14(11-12-16-7-4-3-5-8-16)18-15(2)13-17-9-6-10-17/h3-5,7-8,14-15,17-18H,6,9-13H2,1-2H3. The van der Waals surface area contributed by atoms with Gasteiger partial charge in [-0.15, -0.1) is 0 Å². The second kappa shape index (κ2) is 6.94. The molecule has 1 aromatic carbocycles. The van der Waals surface area contributed by atoms with Crippen LogP contribution in [0.2, 0.25) is 0 Å². The fraction of sp³-hybridized carbons (Fsp3) is 0.647. The summed E-state index contributed by atoms with van der Waals surface area (Å²) in [5.74, 6) is 1.01. The van der Waals surface area contributed by atoms with Gasteiger partial charge >= 0.3 is 0 Å². The first-order valence-electron chi connectivity index (χ1n) is 7.54. The molecule has 1 N–H and O–H groups in total. The predicted octanol–water partition coefficient (Wildman–Crippen LogP) is 4.18. The van der Waals surface area contributed by atoms with Crippen molar-refractivity contribution in [3.05, 3.63) is 35.9 Å². The van der Waals surface area contributed by atoms with E-state index in [-0.39, 0.29) is 0 Å². The predicted molar refractivity (Wildman–Crippen MR) is 78.8 cm³/mol. The summed E-state index contributed by atoms with van der Waals surface area (Å²) in [6.45, 7) is 4.66. The molecular weight excluding hydrogens is 218 g/mol. The van der Waals surface area contributed by atoms with Gasteiger partial charge in [-0.25, -0.2) is 0 Å². The lowest BCUT2D eigenvalue weighted by Gasteiger charge is -2.30. The van der Waals surface area contributed by atoms with Gasteiger partial charge in [-0.3, -0.25) is 0 Å². The monoisotopic (exact) mass is 245 g/mol. The Morgan fingerprint density at radius 2 is 1.83 bits per heavy atom. The zero-order chi connectivity index (χ0) is 12.8. The van der Waals surface area contributed by atoms with E-state index in [2.05, 4.69) is 49.5 Å². The van der Waals surface area contributed by atoms with Gasteiger partial charge in [0.15, 0.2) is 0 Å². The second-order valence-corrected chi connectivity index (χ2v) is 6.03. The summed E-state index contributed by atoms with van der Waals surface area (Å²) in [6, 6.07) is 12.1. The molecule has 0 radical (unpaired) electrons. The van der Waals surface area contributed by atoms with Crippen LogP contribution >= 0.6 is 0 Å². The van der Waals surface area contributed by atoms with Crippen molar-refractivity contribution in [2.45, 2.75) is 64.5 Å². The maximum atomic E-state index is 3.75. The lowest BCUT2D eigenvalue weighted by Crippen LogP contribution is -2.37. The van der Waals surface area contributed by atoms with E-state index in [0.29, 0.717) is 12.1 Å². The summed E-state index contributed by atoms with van der Waals surface area (Å²) in [5.41, 5.74) is 1.46. The van der Waals surface area contributed by atoms with Crippen LogP contribution < -0.4 is 5.32 Å². The van der Waals surface area contributed by atoms with Gasteiger partial charge in [0.2, 0.25) is 0 Å². The molecule has 1 aromatic rings. The Balaban J connectivity index is 1.63. The first-order valence-corrected chi connectivity index (χ1v) is 7.54. The zero-order valence-electron chi connectivity index (χ0n) is 11.9. The molecule has 100 valence electrons. The number of benzene rings is 1. The summed E-state index contributed by atoms with van der Waals surface area (Å²) in [7, 11) is 0. The summed E-state index contributed by atoms with van der Waals surface area (Å²) in [4.78, 5) is 0. The molecule has 1 heteroatoms. The van der Waals surface area contributed by atoms with Crippen LogP contribution in [0.25, 0.3) is 0 Å². The van der Waals surface area contributed by atoms with E-state index in [9.17, 15) is 0 Å². The van der Waals surface area contributed by atoms with E-state index in [4.69, 9.17) is 0 Å². The number of rotatable bonds is 7. The Morgan fingerprint density at radius 1 is 1.11 bits per heavy atom. The Hall–Kier alpha value is -0.820. The maximum absolute atomic E-state index is 3.75. The molecule has 0 aliphatic heterocycles. The van der Waals surface area contributed by atoms with E-state index in [1.165, 1.54) is 44.1 Å². The molecule has 1 nitrogen and oxygen atoms in total. The Kier molecular flexibility index (Phi) is 5.25. The minimum atomic E-state index is 0.625. The molecule has 0 heterocycles. The lowest BCUT2D eigenvalue weighted by atomic mass is 9.81. The highest BCUT2D eigenvalue weighted by molar-refractivity contribution is 5.14. The van der Waals surface area contributed by atoms with Crippen LogP contribution in [0.1, 0.15) is 51.5 Å². The van der Waals surface area contributed by atoms with E-state index in [0.717, 1.165) is 5.92 Å². The van der Waals surface area contributed by atoms with Crippen molar-refractivity contribution >= 4 is 0 Å². The number of hydrogen-bond acceptors (Lipinski definition) is 1. The highest BCUT2D eigenvalue weighted by Gasteiger charge is 2.20. The highest BCUT2D eigenvalue weighted by Crippen LogP contribution is 2.30. The van der Waals surface area contributed by atoms with Gasteiger partial charge in [-0.1, -0.05) is 49.6 Å². The van der Waals surface area contributed by atoms with Gasteiger partial charge in [0.25, 0.3) is 0 Å². The van der Waals surface area contributed by atoms with E-state index >= 15 is 0 Å². The SMILES string of the molecule is CC(CCc1ccccc1)NC(C)CC1CCC1. The lowest BCUT2D eigenvalue weighted by molar-refractivity contribution is 0.257. The molecule has 0 saturated heterocycles. The van der Waals surface area contributed by atoms with Crippen LogP contribution in [-0.2, 0) is 6.42 Å². The smallest absolute Gasteiger partial charge is 0.00443 e. The molecule has 18 heavy (non-hydrogen) atoms. The van der Waals surface area contributed by atoms with Crippen LogP contribution in [0.4, 0.5) is 0 Å². The summed E-state index contributed by atoms with van der Waals surface area (Å²) in [6.07, 6.45) is 8.18. The van der Waals surface area contributed by atoms with Gasteiger partial charge in [0.05, 0.1) is 0 Å². The van der Waals surface area contributed by atoms with Gasteiger partial charge in [-0.05, 0) is 44.6 Å². The average Bonchev–Trinajstić information content (AvgIpc) is 2.33. The molecule has 2 atom stereocenters. The Labute approximate surface area is 112 Å². The van der Waals surface area contributed by atoms with E-state index in [1.807, 2.05) is 0 Å². The summed E-state index contributed by atoms with van der Waals surface area (Å²) in [5, 5.41) is 3.75. The van der Waals surface area contributed by atoms with Crippen molar-refractivity contribution < 1.29 is 0 Å². The molecule has 1 fully saturated rings. The molecule has 1 aliphatic rings. The Bertz CT molecular complexity index is 329. The number of hydrogen-bond donors (Lipinski definition) is 1. The largest absolute Gasteiger partial charge is 0.312 e. The molecule has 2 unspecified atom stereocenters. The molecule has 2 rings (SSSR count). The third kappa shape index (κ3) is 4.45. The van der Waals surface area contributed by atoms with E-state index in [1.54, 1.807) is 0 Å². The van der Waals surface area contributed by atoms with Crippen molar-refractivity contribution in [3.8, 4) is 0 Å². The van der Waals surface area contributed by atoms with Gasteiger partial charge in [0.1, 0.15) is 0 Å². The first kappa shape index (κ1) is 13.6. The van der Waals surface area contributed by atoms with Crippen LogP contribution in [0.5, 0.6) is 0 Å². The summed E-state index contributed by atoms with van der Waals surface area (Å²) < 4.78 is 0. The van der Waals surface area contributed by atoms with E-state index < -0.39 is 0 Å². The first-order chi connectivity index (χ1) is 8.74. The minimum Gasteiger partial charge on any atom is -0.312 e. The fourth-order valence-electron chi connectivity index (χ4n) is 2.89. The average molecular weight is 245 g/mol. The molecule has 0 spiro atoms. The second-order valence-electron chi connectivity index (χ2n) is 6.03. The van der Waals surface area contributed by atoms with Crippen molar-refractivity contribution in [3.63, 3.8) is 0 Å². The van der Waals surface area contributed by atoms with Crippen molar-refractivity contribution in [1.29, 1.82) is 0 Å². The maximum Gasteiger partial charge on any atom is 0.00443 e. The molecule has 0 aromatic heterocycles. The van der Waals surface area contributed by atoms with Gasteiger partial charge in [0, 0.05) is 12.1 Å². The molecule has 0 amide bonds. The highest BCUT2D eigenvalue weighted by atomic mass is 14.9. The van der Waals surface area contributed by atoms with Gasteiger partial charge in [-0.2, -0.15) is 0 Å². The normalized spacial score (nSPS) is 19.2. The topological polar surface area (TPSA) is 12.0 Å². The van der Waals surface area contributed by atoms with Crippen molar-refractivity contribution in [2.24, 2.45) is 5.92 Å². The molecule has 0 bridgehead atoms. The van der Waals surface area contributed by atoms with Crippen LogP contribution in [0, 0.1) is 5.92 Å². The van der Waals surface area contributed by atoms with Crippen molar-refractivity contribution in [2.75, 3.05) is 0 Å². The fourth-order valence-corrected chi connectivity index (χ4v) is 2.89. The third-order valence-electron chi connectivity index (χ3n) is 4.19. The van der Waals surface area contributed by atoms with Gasteiger partial charge < -0.3 is 5.32 Å². The van der Waals surface area contributed by atoms with Crippen molar-refractivity contribution in [1.82, 2.24) is 5.32 Å². The number of aryl methyl sites for hydroxylation is 1. The van der Waals surface area contributed by atoms with Crippen LogP contribution in [0.15, 0.2) is 30.3 Å². The third-order valence-corrected chi connectivity index (χ3v) is 4.19. The zero-order valence-corrected chi connectivity index (χ0v) is 11.9. The quantitative estimate of drug-likeness (QED) is 0.760.